The van der Waals surface area contributed by atoms with Crippen molar-refractivity contribution in [2.75, 3.05) is 12.8 Å². The molecule has 0 atom stereocenters. The molecule has 0 heterocycles. The molecule has 0 aromatic rings. The van der Waals surface area contributed by atoms with E-state index in [0.717, 1.165) is 0 Å². The summed E-state index contributed by atoms with van der Waals surface area (Å²) in [7, 11) is 1.29. The van der Waals surface area contributed by atoms with Gasteiger partial charge in [-0.3, -0.25) is 4.99 Å². The largest absolute Gasteiger partial charge is 0.379 e. The summed E-state index contributed by atoms with van der Waals surface area (Å²) >= 11 is 0.409. The smallest absolute Gasteiger partial charge is 0.316 e. The van der Waals surface area contributed by atoms with E-state index in [0.29, 0.717) is 11.8 Å². The maximum absolute atomic E-state index is 12.2. The minimum Gasteiger partial charge on any atom is -0.379 e. The lowest BCUT2D eigenvalue weighted by Crippen LogP contribution is -2.30. The Morgan fingerprint density at radius 2 is 2.08 bits per heavy atom. The Morgan fingerprint density at radius 1 is 1.58 bits per heavy atom. The molecule has 0 amide bonds. The van der Waals surface area contributed by atoms with Crippen molar-refractivity contribution < 1.29 is 17.6 Å². The zero-order valence-electron chi connectivity index (χ0n) is 6.23. The van der Waals surface area contributed by atoms with Gasteiger partial charge in [-0.05, 0) is 0 Å². The zero-order valence-corrected chi connectivity index (χ0v) is 7.05. The Bertz CT molecular complexity index is 171. The Kier molecular flexibility index (Phi) is 4.36. The Balaban J connectivity index is 3.92. The van der Waals surface area contributed by atoms with E-state index in [2.05, 4.69) is 4.99 Å². The van der Waals surface area contributed by atoms with Crippen LogP contribution in [0.25, 0.3) is 0 Å². The third-order valence-electron chi connectivity index (χ3n) is 0.952. The molecule has 0 saturated carbocycles. The molecular formula is C5H8F4N2S. The van der Waals surface area contributed by atoms with Crippen LogP contribution < -0.4 is 5.73 Å². The van der Waals surface area contributed by atoms with Crippen LogP contribution in [-0.2, 0) is 0 Å². The van der Waals surface area contributed by atoms with Crippen LogP contribution >= 0.6 is 11.8 Å². The number of hydrogen-bond acceptors (Lipinski definition) is 2. The summed E-state index contributed by atoms with van der Waals surface area (Å²) in [6.45, 7) is 0. The molecule has 0 rings (SSSR count). The van der Waals surface area contributed by atoms with Crippen LogP contribution in [0.15, 0.2) is 4.99 Å². The molecule has 0 saturated heterocycles. The first kappa shape index (κ1) is 11.5. The molecule has 0 aliphatic carbocycles. The van der Waals surface area contributed by atoms with Gasteiger partial charge in [-0.25, -0.2) is 8.78 Å². The van der Waals surface area contributed by atoms with Gasteiger partial charge in [-0.1, -0.05) is 11.8 Å². The van der Waals surface area contributed by atoms with Gasteiger partial charge in [0.05, 0.1) is 5.75 Å². The van der Waals surface area contributed by atoms with Gasteiger partial charge in [0.1, 0.15) is 0 Å². The van der Waals surface area contributed by atoms with E-state index in [4.69, 9.17) is 5.73 Å². The molecule has 0 bridgehead atoms. The number of rotatable bonds is 3. The van der Waals surface area contributed by atoms with E-state index >= 15 is 0 Å². The molecule has 0 aliphatic heterocycles. The summed E-state index contributed by atoms with van der Waals surface area (Å²) in [6, 6.07) is 0. The molecule has 0 radical (unpaired) electrons. The predicted molar refractivity (Wildman–Crippen MR) is 41.0 cm³/mol. The van der Waals surface area contributed by atoms with Crippen molar-refractivity contribution in [3.8, 4) is 0 Å². The van der Waals surface area contributed by atoms with E-state index in [1.807, 2.05) is 0 Å². The van der Waals surface area contributed by atoms with Crippen molar-refractivity contribution in [1.82, 2.24) is 0 Å². The lowest BCUT2D eigenvalue weighted by Gasteiger charge is -2.13. The average Bonchev–Trinajstić information content (AvgIpc) is 2.00. The van der Waals surface area contributed by atoms with Gasteiger partial charge in [-0.2, -0.15) is 8.78 Å². The fraction of sp³-hybridized carbons (Fsp3) is 0.800. The first-order valence-electron chi connectivity index (χ1n) is 2.91. The van der Waals surface area contributed by atoms with Gasteiger partial charge in [-0.15, -0.1) is 0 Å². The first-order valence-corrected chi connectivity index (χ1v) is 3.89. The highest BCUT2D eigenvalue weighted by Crippen LogP contribution is 2.26. The predicted octanol–water partition coefficient (Wildman–Crippen LogP) is 1.56. The van der Waals surface area contributed by atoms with E-state index in [-0.39, 0.29) is 5.17 Å². The molecule has 0 fully saturated rings. The van der Waals surface area contributed by atoms with Crippen LogP contribution in [0, 0.1) is 0 Å². The SMILES string of the molecule is CN=C(N)SCC(F)(F)C(F)F. The van der Waals surface area contributed by atoms with Crippen LogP contribution in [-0.4, -0.2) is 30.3 Å². The second kappa shape index (κ2) is 4.54. The molecule has 0 unspecified atom stereocenters. The number of hydrogen-bond donors (Lipinski definition) is 1. The second-order valence-electron chi connectivity index (χ2n) is 1.91. The van der Waals surface area contributed by atoms with E-state index < -0.39 is 18.1 Å². The number of thioether (sulfide) groups is 1. The number of amidine groups is 1. The highest BCUT2D eigenvalue weighted by molar-refractivity contribution is 8.13. The molecule has 2 N–H and O–H groups in total. The highest BCUT2D eigenvalue weighted by Gasteiger charge is 2.40. The zero-order chi connectivity index (χ0) is 9.78. The Morgan fingerprint density at radius 3 is 2.42 bits per heavy atom. The van der Waals surface area contributed by atoms with Crippen LogP contribution in [0.2, 0.25) is 0 Å². The molecule has 0 aliphatic rings. The highest BCUT2D eigenvalue weighted by atomic mass is 32.2. The summed E-state index contributed by atoms with van der Waals surface area (Å²) in [5, 5.41) is -0.129. The molecule has 0 spiro atoms. The molecule has 2 nitrogen and oxygen atoms in total. The van der Waals surface area contributed by atoms with Crippen LogP contribution in [0.4, 0.5) is 17.6 Å². The lowest BCUT2D eigenvalue weighted by atomic mass is 10.4. The van der Waals surface area contributed by atoms with Gasteiger partial charge in [0.2, 0.25) is 0 Å². The summed E-state index contributed by atoms with van der Waals surface area (Å²) < 4.78 is 47.4. The van der Waals surface area contributed by atoms with Gasteiger partial charge < -0.3 is 5.73 Å². The number of aliphatic imine (C=N–C) groups is 1. The normalized spacial score (nSPS) is 14.0. The summed E-state index contributed by atoms with van der Waals surface area (Å²) in [5.41, 5.74) is 5.02. The third-order valence-corrected chi connectivity index (χ3v) is 1.96. The van der Waals surface area contributed by atoms with Gasteiger partial charge in [0, 0.05) is 7.05 Å². The summed E-state index contributed by atoms with van der Waals surface area (Å²) in [5.74, 6) is -5.05. The van der Waals surface area contributed by atoms with Crippen molar-refractivity contribution >= 4 is 16.9 Å². The minimum absolute atomic E-state index is 0.129. The van der Waals surface area contributed by atoms with E-state index in [1.165, 1.54) is 7.05 Å². The molecule has 7 heteroatoms. The van der Waals surface area contributed by atoms with Crippen LogP contribution in [0.3, 0.4) is 0 Å². The van der Waals surface area contributed by atoms with E-state index in [9.17, 15) is 17.6 Å². The second-order valence-corrected chi connectivity index (χ2v) is 2.91. The number of halogens is 4. The molecular weight excluding hydrogens is 196 g/mol. The van der Waals surface area contributed by atoms with Gasteiger partial charge in [0.15, 0.2) is 5.17 Å². The number of nitrogens with zero attached hydrogens (tertiary/aromatic N) is 1. The number of nitrogens with two attached hydrogens (primary N) is 1. The van der Waals surface area contributed by atoms with Crippen LogP contribution in [0.1, 0.15) is 0 Å². The quantitative estimate of drug-likeness (QED) is 0.430. The fourth-order valence-electron chi connectivity index (χ4n) is 0.298. The topological polar surface area (TPSA) is 38.4 Å². The molecule has 12 heavy (non-hydrogen) atoms. The van der Waals surface area contributed by atoms with E-state index in [1.54, 1.807) is 0 Å². The van der Waals surface area contributed by atoms with Crippen molar-refractivity contribution in [3.05, 3.63) is 0 Å². The van der Waals surface area contributed by atoms with Gasteiger partial charge in [0.25, 0.3) is 0 Å². The van der Waals surface area contributed by atoms with Crippen molar-refractivity contribution in [2.45, 2.75) is 12.3 Å². The molecule has 72 valence electrons. The average molecular weight is 204 g/mol. The fourth-order valence-corrected chi connectivity index (χ4v) is 0.893. The number of alkyl halides is 4. The summed E-state index contributed by atoms with van der Waals surface area (Å²) in [6.07, 6.45) is -3.66. The Labute approximate surface area is 71.2 Å². The van der Waals surface area contributed by atoms with Crippen molar-refractivity contribution in [3.63, 3.8) is 0 Å². The standard InChI is InChI=1S/C5H8F4N2S/c1-11-4(10)12-2-5(8,9)3(6)7/h3H,2H2,1H3,(H2,10,11). The summed E-state index contributed by atoms with van der Waals surface area (Å²) in [4.78, 5) is 3.33. The molecule has 0 aromatic carbocycles. The molecule has 0 aromatic heterocycles. The van der Waals surface area contributed by atoms with Crippen molar-refractivity contribution in [2.24, 2.45) is 10.7 Å². The minimum atomic E-state index is -4.00. The monoisotopic (exact) mass is 204 g/mol. The van der Waals surface area contributed by atoms with Crippen LogP contribution in [0.5, 0.6) is 0 Å². The van der Waals surface area contributed by atoms with Gasteiger partial charge >= 0.3 is 12.3 Å². The third kappa shape index (κ3) is 3.80. The Hall–Kier alpha value is -0.460. The lowest BCUT2D eigenvalue weighted by molar-refractivity contribution is -0.109. The maximum atomic E-state index is 12.2. The first-order chi connectivity index (χ1) is 5.40. The maximum Gasteiger partial charge on any atom is 0.316 e. The van der Waals surface area contributed by atoms with Crippen molar-refractivity contribution in [1.29, 1.82) is 0 Å².